The molecule has 3 nitrogen and oxygen atoms in total. The highest BCUT2D eigenvalue weighted by Gasteiger charge is 2.17. The first-order valence-electron chi connectivity index (χ1n) is 5.91. The van der Waals surface area contributed by atoms with Crippen LogP contribution in [0.1, 0.15) is 11.3 Å². The molecule has 3 N–H and O–H groups in total. The first-order chi connectivity index (χ1) is 7.92. The molecular weight excluding hydrogens is 198 g/mol. The van der Waals surface area contributed by atoms with Crippen molar-refractivity contribution in [2.45, 2.75) is 19.5 Å². The lowest BCUT2D eigenvalue weighted by Crippen LogP contribution is -2.28. The monoisotopic (exact) mass is 215 g/mol. The van der Waals surface area contributed by atoms with Gasteiger partial charge in [-0.05, 0) is 24.6 Å². The first kappa shape index (κ1) is 9.87. The minimum atomic E-state index is 0.723. The van der Waals surface area contributed by atoms with Crippen LogP contribution in [0.2, 0.25) is 0 Å². The smallest absolute Gasteiger partial charge is 0.0486 e. The number of nitrogens with two attached hydrogens (primary N) is 1. The van der Waals surface area contributed by atoms with Gasteiger partial charge in [0.15, 0.2) is 0 Å². The van der Waals surface area contributed by atoms with Crippen molar-refractivity contribution < 1.29 is 0 Å². The zero-order valence-corrected chi connectivity index (χ0v) is 9.37. The van der Waals surface area contributed by atoms with Crippen LogP contribution >= 0.6 is 0 Å². The number of aromatic nitrogens is 1. The number of nitrogens with zero attached hydrogens (tertiary/aromatic N) is 1. The summed E-state index contributed by atoms with van der Waals surface area (Å²) in [5, 5.41) is 4.82. The van der Waals surface area contributed by atoms with Crippen LogP contribution in [0.25, 0.3) is 10.9 Å². The van der Waals surface area contributed by atoms with Gasteiger partial charge in [-0.1, -0.05) is 18.2 Å². The maximum absolute atomic E-state index is 5.71. The molecule has 0 spiro atoms. The summed E-state index contributed by atoms with van der Waals surface area (Å²) in [7, 11) is 0. The van der Waals surface area contributed by atoms with Crippen molar-refractivity contribution >= 4 is 10.9 Å². The van der Waals surface area contributed by atoms with Crippen molar-refractivity contribution in [3.8, 4) is 0 Å². The number of nitrogens with one attached hydrogen (secondary N) is 1. The molecule has 2 aromatic rings. The molecule has 84 valence electrons. The summed E-state index contributed by atoms with van der Waals surface area (Å²) in [6.45, 7) is 3.83. The van der Waals surface area contributed by atoms with Gasteiger partial charge in [-0.25, -0.2) is 0 Å². The van der Waals surface area contributed by atoms with Crippen LogP contribution in [0.4, 0.5) is 0 Å². The maximum atomic E-state index is 5.71. The van der Waals surface area contributed by atoms with Crippen LogP contribution in [-0.2, 0) is 19.5 Å². The third kappa shape index (κ3) is 1.36. The SMILES string of the molecule is NCCc1c2n(c3ccccc13)CCNC2. The van der Waals surface area contributed by atoms with Crippen LogP contribution < -0.4 is 11.1 Å². The highest BCUT2D eigenvalue weighted by atomic mass is 15.1. The average Bonchev–Trinajstić information content (AvgIpc) is 2.66. The Bertz CT molecular complexity index is 513. The average molecular weight is 215 g/mol. The second kappa shape index (κ2) is 3.92. The molecule has 1 aromatic heterocycles. The molecule has 0 bridgehead atoms. The second-order valence-electron chi connectivity index (χ2n) is 4.31. The fraction of sp³-hybridized carbons (Fsp3) is 0.385. The lowest BCUT2D eigenvalue weighted by molar-refractivity contribution is 0.522. The third-order valence-electron chi connectivity index (χ3n) is 3.39. The van der Waals surface area contributed by atoms with E-state index in [4.69, 9.17) is 5.73 Å². The number of hydrogen-bond acceptors (Lipinski definition) is 2. The number of rotatable bonds is 2. The Labute approximate surface area is 95.2 Å². The van der Waals surface area contributed by atoms with Gasteiger partial charge < -0.3 is 15.6 Å². The molecule has 0 amide bonds. The highest BCUT2D eigenvalue weighted by molar-refractivity contribution is 5.85. The summed E-state index contributed by atoms with van der Waals surface area (Å²) in [4.78, 5) is 0. The number of hydrogen-bond donors (Lipinski definition) is 2. The summed E-state index contributed by atoms with van der Waals surface area (Å²) in [6.07, 6.45) is 0.977. The first-order valence-corrected chi connectivity index (χ1v) is 5.91. The predicted molar refractivity (Wildman–Crippen MR) is 66.4 cm³/mol. The molecule has 0 unspecified atom stereocenters. The number of para-hydroxylation sites is 1. The van der Waals surface area contributed by atoms with Gasteiger partial charge in [0.25, 0.3) is 0 Å². The molecular formula is C13H17N3. The van der Waals surface area contributed by atoms with Gasteiger partial charge in [-0.2, -0.15) is 0 Å². The molecule has 0 saturated heterocycles. The van der Waals surface area contributed by atoms with Crippen molar-refractivity contribution in [1.29, 1.82) is 0 Å². The Kier molecular flexibility index (Phi) is 2.42. The topological polar surface area (TPSA) is 43.0 Å². The van der Waals surface area contributed by atoms with Crippen molar-refractivity contribution in [3.05, 3.63) is 35.5 Å². The van der Waals surface area contributed by atoms with E-state index in [2.05, 4.69) is 34.1 Å². The summed E-state index contributed by atoms with van der Waals surface area (Å²) < 4.78 is 2.44. The van der Waals surface area contributed by atoms with E-state index in [0.29, 0.717) is 0 Å². The molecule has 1 aliphatic rings. The summed E-state index contributed by atoms with van der Waals surface area (Å²) in [5.74, 6) is 0. The zero-order valence-electron chi connectivity index (χ0n) is 9.37. The molecule has 3 rings (SSSR count). The Morgan fingerprint density at radius 2 is 2.19 bits per heavy atom. The van der Waals surface area contributed by atoms with Gasteiger partial charge in [0.05, 0.1) is 0 Å². The number of fused-ring (bicyclic) bond motifs is 3. The Balaban J connectivity index is 2.28. The Morgan fingerprint density at radius 3 is 3.06 bits per heavy atom. The quantitative estimate of drug-likeness (QED) is 0.791. The highest BCUT2D eigenvalue weighted by Crippen LogP contribution is 2.27. The largest absolute Gasteiger partial charge is 0.342 e. The summed E-state index contributed by atoms with van der Waals surface area (Å²) >= 11 is 0. The molecule has 2 heterocycles. The van der Waals surface area contributed by atoms with E-state index >= 15 is 0 Å². The van der Waals surface area contributed by atoms with Crippen LogP contribution in [0, 0.1) is 0 Å². The van der Waals surface area contributed by atoms with E-state index in [9.17, 15) is 0 Å². The molecule has 16 heavy (non-hydrogen) atoms. The van der Waals surface area contributed by atoms with Crippen LogP contribution in [-0.4, -0.2) is 17.7 Å². The van der Waals surface area contributed by atoms with Crippen LogP contribution in [0.5, 0.6) is 0 Å². The van der Waals surface area contributed by atoms with Gasteiger partial charge in [-0.3, -0.25) is 0 Å². The van der Waals surface area contributed by atoms with Crippen molar-refractivity contribution in [3.63, 3.8) is 0 Å². The Morgan fingerprint density at radius 1 is 1.31 bits per heavy atom. The second-order valence-corrected chi connectivity index (χ2v) is 4.31. The zero-order chi connectivity index (χ0) is 11.0. The van der Waals surface area contributed by atoms with Gasteiger partial charge in [0.2, 0.25) is 0 Å². The maximum Gasteiger partial charge on any atom is 0.0486 e. The van der Waals surface area contributed by atoms with E-state index < -0.39 is 0 Å². The van der Waals surface area contributed by atoms with Crippen molar-refractivity contribution in [2.75, 3.05) is 13.1 Å². The molecule has 0 atom stereocenters. The van der Waals surface area contributed by atoms with Gasteiger partial charge in [0.1, 0.15) is 0 Å². The molecule has 0 fully saturated rings. The van der Waals surface area contributed by atoms with E-state index in [1.807, 2.05) is 0 Å². The van der Waals surface area contributed by atoms with E-state index in [0.717, 1.165) is 32.6 Å². The Hall–Kier alpha value is -1.32. The van der Waals surface area contributed by atoms with Gasteiger partial charge in [0, 0.05) is 36.2 Å². The molecule has 1 aliphatic heterocycles. The summed E-state index contributed by atoms with van der Waals surface area (Å²) in [6, 6.07) is 8.65. The van der Waals surface area contributed by atoms with Crippen molar-refractivity contribution in [1.82, 2.24) is 9.88 Å². The molecule has 0 aliphatic carbocycles. The minimum absolute atomic E-state index is 0.723. The normalized spacial score (nSPS) is 15.3. The van der Waals surface area contributed by atoms with E-state index in [1.165, 1.54) is 22.2 Å². The lowest BCUT2D eigenvalue weighted by atomic mass is 10.1. The summed E-state index contributed by atoms with van der Waals surface area (Å²) in [5.41, 5.74) is 9.94. The lowest BCUT2D eigenvalue weighted by Gasteiger charge is -2.18. The van der Waals surface area contributed by atoms with E-state index in [1.54, 1.807) is 0 Å². The molecule has 0 saturated carbocycles. The van der Waals surface area contributed by atoms with Crippen LogP contribution in [0.15, 0.2) is 24.3 Å². The molecule has 1 aromatic carbocycles. The fourth-order valence-electron chi connectivity index (χ4n) is 2.71. The molecule has 0 radical (unpaired) electrons. The standard InChI is InChI=1S/C13H17N3/c14-6-5-11-10-3-1-2-4-12(10)16-8-7-15-9-13(11)16/h1-4,15H,5-9,14H2. The van der Waals surface area contributed by atoms with Gasteiger partial charge >= 0.3 is 0 Å². The number of benzene rings is 1. The van der Waals surface area contributed by atoms with Crippen LogP contribution in [0.3, 0.4) is 0 Å². The fourth-order valence-corrected chi connectivity index (χ4v) is 2.71. The van der Waals surface area contributed by atoms with Crippen molar-refractivity contribution in [2.24, 2.45) is 5.73 Å². The minimum Gasteiger partial charge on any atom is -0.342 e. The third-order valence-corrected chi connectivity index (χ3v) is 3.39. The van der Waals surface area contributed by atoms with Gasteiger partial charge in [-0.15, -0.1) is 0 Å². The van der Waals surface area contributed by atoms with E-state index in [-0.39, 0.29) is 0 Å². The predicted octanol–water partition coefficient (Wildman–Crippen LogP) is 1.25. The molecule has 3 heteroatoms.